The number of likely N-dealkylation sites (tertiary alicyclic amines) is 1. The van der Waals surface area contributed by atoms with E-state index < -0.39 is 7.26 Å². The fourth-order valence-corrected chi connectivity index (χ4v) is 9.10. The van der Waals surface area contributed by atoms with Crippen LogP contribution in [0.3, 0.4) is 0 Å². The van der Waals surface area contributed by atoms with Crippen LogP contribution in [-0.2, 0) is 9.59 Å². The number of nitriles is 1. The van der Waals surface area contributed by atoms with Gasteiger partial charge in [0.05, 0.1) is 18.8 Å². The van der Waals surface area contributed by atoms with Gasteiger partial charge in [0.15, 0.2) is 0 Å². The third-order valence-corrected chi connectivity index (χ3v) is 11.2. The van der Waals surface area contributed by atoms with E-state index in [0.717, 1.165) is 6.16 Å². The standard InChI is InChI=1S/C29H30N3O2P.ClH/c30-19-16-28(33)32-21-17-24(18-22-32)29(34)31-20-23-35(25-10-4-1-5-11-25,26-12-6-2-7-13-26)27-14-8-3-9-15-27;/h1-15,24H,16-18,20-23H2;1H. The van der Waals surface area contributed by atoms with E-state index in [2.05, 4.69) is 78.1 Å². The monoisotopic (exact) mass is 519 g/mol. The fourth-order valence-electron chi connectivity index (χ4n) is 4.94. The molecule has 0 spiro atoms. The lowest BCUT2D eigenvalue weighted by molar-refractivity contribution is -0.134. The summed E-state index contributed by atoms with van der Waals surface area (Å²) in [6.07, 6.45) is 2.01. The molecule has 1 heterocycles. The quantitative estimate of drug-likeness (QED) is 0.434. The summed E-state index contributed by atoms with van der Waals surface area (Å²) in [5.41, 5.74) is 0. The van der Waals surface area contributed by atoms with Gasteiger partial charge in [0.2, 0.25) is 11.8 Å². The number of hydrogen-bond donors (Lipinski definition) is 1. The largest absolute Gasteiger partial charge is 1.00 e. The van der Waals surface area contributed by atoms with Crippen molar-refractivity contribution in [3.63, 3.8) is 0 Å². The van der Waals surface area contributed by atoms with Crippen LogP contribution in [-0.4, -0.2) is 42.5 Å². The molecule has 36 heavy (non-hydrogen) atoms. The average molecular weight is 520 g/mol. The highest BCUT2D eigenvalue weighted by molar-refractivity contribution is 7.95. The van der Waals surface area contributed by atoms with Crippen LogP contribution in [0.25, 0.3) is 0 Å². The maximum atomic E-state index is 13.0. The predicted molar refractivity (Wildman–Crippen MR) is 143 cm³/mol. The summed E-state index contributed by atoms with van der Waals surface area (Å²) >= 11 is 0. The number of piperidine rings is 1. The lowest BCUT2D eigenvalue weighted by Gasteiger charge is -2.31. The minimum absolute atomic E-state index is 0. The molecule has 186 valence electrons. The molecular formula is C29H31ClN3O2P. The first-order valence-electron chi connectivity index (χ1n) is 12.1. The second kappa shape index (κ2) is 13.2. The Morgan fingerprint density at radius 1 is 0.833 bits per heavy atom. The minimum Gasteiger partial charge on any atom is -1.00 e. The summed E-state index contributed by atoms with van der Waals surface area (Å²) in [7, 11) is -1.98. The van der Waals surface area contributed by atoms with Crippen molar-refractivity contribution < 1.29 is 22.0 Å². The van der Waals surface area contributed by atoms with E-state index in [9.17, 15) is 9.59 Å². The molecule has 0 unspecified atom stereocenters. The van der Waals surface area contributed by atoms with Crippen molar-refractivity contribution in [3.8, 4) is 6.07 Å². The highest BCUT2D eigenvalue weighted by atomic mass is 35.5. The Kier molecular flexibility index (Phi) is 10.1. The van der Waals surface area contributed by atoms with E-state index >= 15 is 0 Å². The number of carbonyl (C=O) groups excluding carboxylic acids is 2. The van der Waals surface area contributed by atoms with Gasteiger partial charge in [0.25, 0.3) is 0 Å². The SMILES string of the molecule is N#CCC(=O)N1CCC(C(=O)NCC[P+](c2ccccc2)(c2ccccc2)c2ccccc2)CC1.[Cl-]. The molecule has 0 bridgehead atoms. The van der Waals surface area contributed by atoms with Crippen LogP contribution in [0.5, 0.6) is 0 Å². The van der Waals surface area contributed by atoms with Gasteiger partial charge in [-0.1, -0.05) is 54.6 Å². The molecule has 3 aromatic rings. The lowest BCUT2D eigenvalue weighted by Crippen LogP contribution is -3.00. The zero-order valence-corrected chi connectivity index (χ0v) is 21.9. The van der Waals surface area contributed by atoms with Crippen LogP contribution in [0.2, 0.25) is 0 Å². The van der Waals surface area contributed by atoms with Gasteiger partial charge in [-0.15, -0.1) is 0 Å². The van der Waals surface area contributed by atoms with Crippen LogP contribution in [0.1, 0.15) is 19.3 Å². The molecule has 4 rings (SSSR count). The maximum absolute atomic E-state index is 13.0. The molecule has 5 nitrogen and oxygen atoms in total. The van der Waals surface area contributed by atoms with Crippen LogP contribution >= 0.6 is 7.26 Å². The predicted octanol–water partition coefficient (Wildman–Crippen LogP) is 0.253. The van der Waals surface area contributed by atoms with Crippen LogP contribution in [0.15, 0.2) is 91.0 Å². The van der Waals surface area contributed by atoms with Gasteiger partial charge >= 0.3 is 0 Å². The number of nitrogens with zero attached hydrogens (tertiary/aromatic N) is 2. The zero-order valence-electron chi connectivity index (χ0n) is 20.2. The van der Waals surface area contributed by atoms with E-state index in [1.807, 2.05) is 24.3 Å². The molecule has 0 atom stereocenters. The smallest absolute Gasteiger partial charge is 0.236 e. The first-order valence-corrected chi connectivity index (χ1v) is 14.1. The topological polar surface area (TPSA) is 73.2 Å². The molecule has 0 aromatic heterocycles. The number of nitrogens with one attached hydrogen (secondary N) is 1. The fraction of sp³-hybridized carbons (Fsp3) is 0.276. The molecule has 1 aliphatic rings. The van der Waals surface area contributed by atoms with Crippen molar-refractivity contribution in [3.05, 3.63) is 91.0 Å². The van der Waals surface area contributed by atoms with Crippen molar-refractivity contribution in [1.29, 1.82) is 5.26 Å². The average Bonchev–Trinajstić information content (AvgIpc) is 2.93. The molecule has 1 N–H and O–H groups in total. The number of benzene rings is 3. The number of hydrogen-bond acceptors (Lipinski definition) is 3. The van der Waals surface area contributed by atoms with Crippen molar-refractivity contribution in [2.45, 2.75) is 19.3 Å². The number of halogens is 1. The zero-order chi connectivity index (χ0) is 24.5. The van der Waals surface area contributed by atoms with E-state index in [-0.39, 0.29) is 36.6 Å². The second-order valence-electron chi connectivity index (χ2n) is 8.82. The Hall–Kier alpha value is -3.19. The molecule has 0 radical (unpaired) electrons. The minimum atomic E-state index is -1.98. The summed E-state index contributed by atoms with van der Waals surface area (Å²) in [5, 5.41) is 15.9. The second-order valence-corrected chi connectivity index (χ2v) is 12.4. The number of amides is 2. The van der Waals surface area contributed by atoms with E-state index in [4.69, 9.17) is 5.26 Å². The van der Waals surface area contributed by atoms with Gasteiger partial charge in [-0.25, -0.2) is 0 Å². The van der Waals surface area contributed by atoms with E-state index in [1.54, 1.807) is 4.90 Å². The van der Waals surface area contributed by atoms with Gasteiger partial charge < -0.3 is 22.6 Å². The molecule has 0 aliphatic carbocycles. The van der Waals surface area contributed by atoms with Gasteiger partial charge in [0, 0.05) is 19.0 Å². The molecule has 2 amide bonds. The molecule has 7 heteroatoms. The van der Waals surface area contributed by atoms with Crippen LogP contribution in [0, 0.1) is 17.2 Å². The summed E-state index contributed by atoms with van der Waals surface area (Å²) in [4.78, 5) is 26.7. The Bertz CT molecular complexity index is 1060. The maximum Gasteiger partial charge on any atom is 0.236 e. The van der Waals surface area contributed by atoms with E-state index in [1.165, 1.54) is 15.9 Å². The molecule has 1 saturated heterocycles. The van der Waals surface area contributed by atoms with Crippen LogP contribution in [0.4, 0.5) is 0 Å². The molecule has 1 fully saturated rings. The molecule has 3 aromatic carbocycles. The first-order chi connectivity index (χ1) is 17.1. The molecule has 1 aliphatic heterocycles. The normalized spacial score (nSPS) is 13.8. The third kappa shape index (κ3) is 6.13. The Morgan fingerprint density at radius 2 is 1.28 bits per heavy atom. The highest BCUT2D eigenvalue weighted by Gasteiger charge is 2.45. The number of carbonyl (C=O) groups is 2. The van der Waals surface area contributed by atoms with Crippen molar-refractivity contribution in [2.75, 3.05) is 25.8 Å². The van der Waals surface area contributed by atoms with Crippen molar-refractivity contribution in [1.82, 2.24) is 10.2 Å². The molecular weight excluding hydrogens is 489 g/mol. The third-order valence-electron chi connectivity index (χ3n) is 6.79. The van der Waals surface area contributed by atoms with E-state index in [0.29, 0.717) is 32.5 Å². The van der Waals surface area contributed by atoms with Gasteiger partial charge in [0.1, 0.15) is 29.6 Å². The summed E-state index contributed by atoms with van der Waals surface area (Å²) in [5.74, 6) is -0.182. The summed E-state index contributed by atoms with van der Waals surface area (Å²) < 4.78 is 0. The van der Waals surface area contributed by atoms with Gasteiger partial charge in [-0.2, -0.15) is 5.26 Å². The first kappa shape index (κ1) is 27.4. The number of rotatable bonds is 8. The highest BCUT2D eigenvalue weighted by Crippen LogP contribution is 2.54. The summed E-state index contributed by atoms with van der Waals surface area (Å²) in [6.45, 7) is 1.65. The van der Waals surface area contributed by atoms with Crippen molar-refractivity contribution in [2.24, 2.45) is 5.92 Å². The lowest BCUT2D eigenvalue weighted by atomic mass is 9.96. The summed E-state index contributed by atoms with van der Waals surface area (Å²) in [6, 6.07) is 33.9. The van der Waals surface area contributed by atoms with Crippen molar-refractivity contribution >= 4 is 35.0 Å². The van der Waals surface area contributed by atoms with Crippen LogP contribution < -0.4 is 33.6 Å². The molecule has 0 saturated carbocycles. The Morgan fingerprint density at radius 3 is 1.69 bits per heavy atom. The van der Waals surface area contributed by atoms with Gasteiger partial charge in [-0.05, 0) is 49.2 Å². The van der Waals surface area contributed by atoms with Gasteiger partial charge in [-0.3, -0.25) is 9.59 Å². The Labute approximate surface area is 220 Å². The Balaban J connectivity index is 0.00000361.